The molecule has 1 rings (SSSR count). The molecule has 2 unspecified atom stereocenters. The molecule has 0 aromatic rings. The van der Waals surface area contributed by atoms with Crippen LogP contribution in [0, 0.1) is 0 Å². The van der Waals surface area contributed by atoms with E-state index >= 15 is 0 Å². The molecule has 1 saturated heterocycles. The topological polar surface area (TPSA) is 61.5 Å². The monoisotopic (exact) mass is 263 g/mol. The predicted molar refractivity (Wildman–Crippen MR) is 70.8 cm³/mol. The average molecular weight is 263 g/mol. The van der Waals surface area contributed by atoms with Crippen molar-refractivity contribution in [3.05, 3.63) is 0 Å². The van der Waals surface area contributed by atoms with Gasteiger partial charge in [-0.1, -0.05) is 0 Å². The molecule has 0 bridgehead atoms. The Bertz CT molecular complexity index is 242. The van der Waals surface area contributed by atoms with Gasteiger partial charge in [0.15, 0.2) is 0 Å². The lowest BCUT2D eigenvalue weighted by atomic mass is 10.1. The second-order valence-corrected chi connectivity index (χ2v) is 7.38. The van der Waals surface area contributed by atoms with Gasteiger partial charge in [-0.3, -0.25) is 4.57 Å². The third kappa shape index (κ3) is 6.01. The van der Waals surface area contributed by atoms with Crippen molar-refractivity contribution in [3.8, 4) is 0 Å². The van der Waals surface area contributed by atoms with Gasteiger partial charge in [0.05, 0.1) is 12.7 Å². The zero-order valence-corrected chi connectivity index (χ0v) is 11.8. The molecule has 2 N–H and O–H groups in total. The summed E-state index contributed by atoms with van der Waals surface area (Å²) in [7, 11) is -2.46. The van der Waals surface area contributed by atoms with Gasteiger partial charge >= 0.3 is 0 Å². The lowest BCUT2D eigenvalue weighted by Crippen LogP contribution is -2.20. The van der Waals surface area contributed by atoms with Crippen LogP contribution in [0.3, 0.4) is 0 Å². The van der Waals surface area contributed by atoms with E-state index in [1.54, 1.807) is 0 Å². The van der Waals surface area contributed by atoms with Crippen molar-refractivity contribution < 1.29 is 13.8 Å². The summed E-state index contributed by atoms with van der Waals surface area (Å²) >= 11 is 0. The number of ether oxygens (including phenoxy) is 1. The largest absolute Gasteiger partial charge is 0.378 e. The maximum atomic E-state index is 12.5. The molecule has 0 saturated carbocycles. The minimum atomic E-state index is -2.46. The Morgan fingerprint density at radius 3 is 2.82 bits per heavy atom. The van der Waals surface area contributed by atoms with Crippen LogP contribution in [-0.2, 0) is 13.8 Å². The van der Waals surface area contributed by atoms with Crippen molar-refractivity contribution in [2.45, 2.75) is 45.1 Å². The van der Waals surface area contributed by atoms with E-state index in [9.17, 15) is 4.57 Å². The molecule has 2 atom stereocenters. The Kier molecular flexibility index (Phi) is 7.36. The second-order valence-electron chi connectivity index (χ2n) is 4.60. The first-order chi connectivity index (χ1) is 8.20. The molecule has 0 amide bonds. The first kappa shape index (κ1) is 15.2. The van der Waals surface area contributed by atoms with Crippen LogP contribution in [0.25, 0.3) is 0 Å². The summed E-state index contributed by atoms with van der Waals surface area (Å²) in [6.07, 6.45) is 6.68. The first-order valence-corrected chi connectivity index (χ1v) is 8.74. The van der Waals surface area contributed by atoms with E-state index in [1.165, 1.54) is 6.42 Å². The van der Waals surface area contributed by atoms with Crippen LogP contribution >= 0.6 is 7.37 Å². The van der Waals surface area contributed by atoms with Crippen molar-refractivity contribution >= 4 is 7.37 Å². The van der Waals surface area contributed by atoms with Gasteiger partial charge in [0.25, 0.3) is 0 Å². The van der Waals surface area contributed by atoms with Gasteiger partial charge in [-0.05, 0) is 45.6 Å². The lowest BCUT2D eigenvalue weighted by molar-refractivity contribution is 0.0143. The van der Waals surface area contributed by atoms with Gasteiger partial charge in [-0.2, -0.15) is 0 Å². The van der Waals surface area contributed by atoms with E-state index in [0.29, 0.717) is 25.5 Å². The Hall–Kier alpha value is 0.110. The molecule has 1 aliphatic heterocycles. The molecular formula is C12H26NO3P. The molecule has 4 nitrogen and oxygen atoms in total. The van der Waals surface area contributed by atoms with Crippen LogP contribution in [0.2, 0.25) is 0 Å². The average Bonchev–Trinajstić information content (AvgIpc) is 2.36. The van der Waals surface area contributed by atoms with Crippen LogP contribution in [0.1, 0.15) is 39.0 Å². The maximum Gasteiger partial charge on any atom is 0.203 e. The molecular weight excluding hydrogens is 237 g/mol. The van der Waals surface area contributed by atoms with Crippen molar-refractivity contribution in [2.24, 2.45) is 5.73 Å². The third-order valence-corrected chi connectivity index (χ3v) is 5.80. The molecule has 0 aromatic carbocycles. The van der Waals surface area contributed by atoms with E-state index in [0.717, 1.165) is 32.3 Å². The molecule has 1 fully saturated rings. The summed E-state index contributed by atoms with van der Waals surface area (Å²) in [5.74, 6) is 0. The standard InChI is InChI=1S/C12H26NO3P/c1-2-16-17(14,10-5-8-13)11-7-12-6-3-4-9-15-12/h12H,2-11,13H2,1H3. The van der Waals surface area contributed by atoms with E-state index in [4.69, 9.17) is 15.0 Å². The SMILES string of the molecule is CCOP(=O)(CCCN)CCC1CCCCO1. The summed E-state index contributed by atoms with van der Waals surface area (Å²) in [5, 5.41) is 0. The van der Waals surface area contributed by atoms with Crippen LogP contribution < -0.4 is 5.73 Å². The van der Waals surface area contributed by atoms with Crippen molar-refractivity contribution in [2.75, 3.05) is 32.1 Å². The number of nitrogens with two attached hydrogens (primary N) is 1. The van der Waals surface area contributed by atoms with Crippen LogP contribution in [0.4, 0.5) is 0 Å². The molecule has 0 aromatic heterocycles. The summed E-state index contributed by atoms with van der Waals surface area (Å²) in [5.41, 5.74) is 5.47. The zero-order chi connectivity index (χ0) is 12.6. The van der Waals surface area contributed by atoms with Gasteiger partial charge in [-0.25, -0.2) is 0 Å². The minimum absolute atomic E-state index is 0.287. The van der Waals surface area contributed by atoms with E-state index in [1.807, 2.05) is 6.92 Å². The van der Waals surface area contributed by atoms with Gasteiger partial charge in [0, 0.05) is 18.9 Å². The fraction of sp³-hybridized carbons (Fsp3) is 1.00. The third-order valence-electron chi connectivity index (χ3n) is 3.13. The summed E-state index contributed by atoms with van der Waals surface area (Å²) in [6, 6.07) is 0. The normalized spacial score (nSPS) is 24.5. The highest BCUT2D eigenvalue weighted by molar-refractivity contribution is 7.58. The van der Waals surface area contributed by atoms with Crippen LogP contribution in [-0.4, -0.2) is 38.2 Å². The van der Waals surface area contributed by atoms with Gasteiger partial charge in [-0.15, -0.1) is 0 Å². The van der Waals surface area contributed by atoms with Gasteiger partial charge < -0.3 is 15.0 Å². The van der Waals surface area contributed by atoms with Crippen LogP contribution in [0.15, 0.2) is 0 Å². The van der Waals surface area contributed by atoms with Crippen LogP contribution in [0.5, 0.6) is 0 Å². The Morgan fingerprint density at radius 2 is 2.24 bits per heavy atom. The molecule has 0 radical (unpaired) electrons. The van der Waals surface area contributed by atoms with E-state index < -0.39 is 7.37 Å². The van der Waals surface area contributed by atoms with Crippen molar-refractivity contribution in [3.63, 3.8) is 0 Å². The number of rotatable bonds is 8. The summed E-state index contributed by atoms with van der Waals surface area (Å²) in [4.78, 5) is 0. The highest BCUT2D eigenvalue weighted by atomic mass is 31.2. The van der Waals surface area contributed by atoms with Crippen molar-refractivity contribution in [1.29, 1.82) is 0 Å². The molecule has 1 aliphatic rings. The van der Waals surface area contributed by atoms with E-state index in [2.05, 4.69) is 0 Å². The quantitative estimate of drug-likeness (QED) is 0.684. The number of hydrogen-bond donors (Lipinski definition) is 1. The fourth-order valence-corrected chi connectivity index (χ4v) is 4.48. The maximum absolute atomic E-state index is 12.5. The highest BCUT2D eigenvalue weighted by Crippen LogP contribution is 2.48. The fourth-order valence-electron chi connectivity index (χ4n) is 2.18. The highest BCUT2D eigenvalue weighted by Gasteiger charge is 2.24. The Morgan fingerprint density at radius 1 is 1.41 bits per heavy atom. The molecule has 1 heterocycles. The Balaban J connectivity index is 2.34. The van der Waals surface area contributed by atoms with Gasteiger partial charge in [0.2, 0.25) is 7.37 Å². The predicted octanol–water partition coefficient (Wildman–Crippen LogP) is 2.61. The molecule has 5 heteroatoms. The smallest absolute Gasteiger partial charge is 0.203 e. The molecule has 102 valence electrons. The lowest BCUT2D eigenvalue weighted by Gasteiger charge is -2.25. The van der Waals surface area contributed by atoms with Gasteiger partial charge in [0.1, 0.15) is 0 Å². The summed E-state index contributed by atoms with van der Waals surface area (Å²) < 4.78 is 23.6. The minimum Gasteiger partial charge on any atom is -0.378 e. The summed E-state index contributed by atoms with van der Waals surface area (Å²) in [6.45, 7) is 3.85. The number of hydrogen-bond acceptors (Lipinski definition) is 4. The second kappa shape index (κ2) is 8.25. The molecule has 0 spiro atoms. The Labute approximate surface area is 105 Å². The molecule has 0 aliphatic carbocycles. The first-order valence-electron chi connectivity index (χ1n) is 6.74. The van der Waals surface area contributed by atoms with E-state index in [-0.39, 0.29) is 6.10 Å². The molecule has 17 heavy (non-hydrogen) atoms. The van der Waals surface area contributed by atoms with Crippen molar-refractivity contribution in [1.82, 2.24) is 0 Å². The zero-order valence-electron chi connectivity index (χ0n) is 10.9.